The quantitative estimate of drug-likeness (QED) is 0.524. The summed E-state index contributed by atoms with van der Waals surface area (Å²) in [6.07, 6.45) is -0.0626. The summed E-state index contributed by atoms with van der Waals surface area (Å²) in [5.74, 6) is -0.0997. The van der Waals surface area contributed by atoms with E-state index in [4.69, 9.17) is 4.74 Å². The van der Waals surface area contributed by atoms with Crippen molar-refractivity contribution in [1.82, 2.24) is 0 Å². The van der Waals surface area contributed by atoms with Crippen LogP contribution in [-0.4, -0.2) is 23.8 Å². The Labute approximate surface area is 66.4 Å². The van der Waals surface area contributed by atoms with E-state index < -0.39 is 6.10 Å². The number of rotatable bonds is 0. The first-order valence-electron chi connectivity index (χ1n) is 3.95. The van der Waals surface area contributed by atoms with Crippen molar-refractivity contribution in [3.8, 4) is 0 Å². The second kappa shape index (κ2) is 3.22. The summed E-state index contributed by atoms with van der Waals surface area (Å²) in [7, 11) is 0. The molecule has 1 saturated heterocycles. The summed E-state index contributed by atoms with van der Waals surface area (Å²) < 4.78 is 4.86. The third-order valence-electron chi connectivity index (χ3n) is 2.16. The van der Waals surface area contributed by atoms with Crippen LogP contribution in [0, 0.1) is 11.8 Å². The Morgan fingerprint density at radius 3 is 2.73 bits per heavy atom. The van der Waals surface area contributed by atoms with Crippen LogP contribution in [0.3, 0.4) is 0 Å². The lowest BCUT2D eigenvalue weighted by atomic mass is 9.93. The Bertz CT molecular complexity index is 155. The normalized spacial score (nSPS) is 39.5. The van der Waals surface area contributed by atoms with Crippen molar-refractivity contribution in [1.29, 1.82) is 0 Å². The minimum Gasteiger partial charge on any atom is -0.465 e. The fourth-order valence-electron chi connectivity index (χ4n) is 1.33. The molecule has 1 N–H and O–H groups in total. The number of aliphatic hydroxyl groups excluding tert-OH is 1. The van der Waals surface area contributed by atoms with Crippen LogP contribution in [-0.2, 0) is 9.53 Å². The Hall–Kier alpha value is -0.570. The zero-order valence-electron chi connectivity index (χ0n) is 6.91. The molecule has 1 rings (SSSR count). The molecular formula is C8H14O3. The fraction of sp³-hybridized carbons (Fsp3) is 0.875. The van der Waals surface area contributed by atoms with E-state index in [-0.39, 0.29) is 17.8 Å². The molecule has 0 bridgehead atoms. The van der Waals surface area contributed by atoms with Gasteiger partial charge in [-0.15, -0.1) is 0 Å². The van der Waals surface area contributed by atoms with Gasteiger partial charge < -0.3 is 9.84 Å². The highest BCUT2D eigenvalue weighted by atomic mass is 16.5. The zero-order valence-corrected chi connectivity index (χ0v) is 6.91. The van der Waals surface area contributed by atoms with Crippen LogP contribution < -0.4 is 0 Å². The molecule has 3 heteroatoms. The third kappa shape index (κ3) is 1.93. The molecule has 1 heterocycles. The summed E-state index contributed by atoms with van der Waals surface area (Å²) in [6.45, 7) is 4.11. The molecule has 0 aromatic heterocycles. The van der Waals surface area contributed by atoms with Gasteiger partial charge in [-0.2, -0.15) is 0 Å². The van der Waals surface area contributed by atoms with Gasteiger partial charge in [0.15, 0.2) is 0 Å². The van der Waals surface area contributed by atoms with Crippen molar-refractivity contribution >= 4 is 5.97 Å². The molecule has 3 nitrogen and oxygen atoms in total. The maximum Gasteiger partial charge on any atom is 0.306 e. The molecule has 3 unspecified atom stereocenters. The number of esters is 1. The van der Waals surface area contributed by atoms with E-state index in [1.807, 2.05) is 13.8 Å². The van der Waals surface area contributed by atoms with Crippen LogP contribution in [0.5, 0.6) is 0 Å². The summed E-state index contributed by atoms with van der Waals surface area (Å²) in [5.41, 5.74) is 0. The lowest BCUT2D eigenvalue weighted by molar-refractivity contribution is -0.143. The Balaban J connectivity index is 2.61. The van der Waals surface area contributed by atoms with E-state index in [1.54, 1.807) is 0 Å². The minimum atomic E-state index is -0.401. The zero-order chi connectivity index (χ0) is 8.43. The second-order valence-corrected chi connectivity index (χ2v) is 3.33. The summed E-state index contributed by atoms with van der Waals surface area (Å²) in [6, 6.07) is 0. The van der Waals surface area contributed by atoms with Gasteiger partial charge >= 0.3 is 5.97 Å². The molecule has 1 aliphatic heterocycles. The number of aliphatic hydroxyl groups is 1. The number of carbonyl (C=O) groups is 1. The number of hydrogen-bond acceptors (Lipinski definition) is 3. The largest absolute Gasteiger partial charge is 0.465 e. The molecule has 11 heavy (non-hydrogen) atoms. The molecule has 1 fully saturated rings. The van der Waals surface area contributed by atoms with Gasteiger partial charge in [-0.1, -0.05) is 13.8 Å². The molecule has 3 atom stereocenters. The summed E-state index contributed by atoms with van der Waals surface area (Å²) in [4.78, 5) is 10.9. The number of ether oxygens (including phenoxy) is 1. The topological polar surface area (TPSA) is 46.5 Å². The maximum absolute atomic E-state index is 10.9. The predicted octanol–water partition coefficient (Wildman–Crippen LogP) is 0.566. The number of hydrogen-bond donors (Lipinski definition) is 1. The third-order valence-corrected chi connectivity index (χ3v) is 2.16. The van der Waals surface area contributed by atoms with Gasteiger partial charge in [0.05, 0.1) is 19.1 Å². The van der Waals surface area contributed by atoms with Gasteiger partial charge in [0.25, 0.3) is 0 Å². The molecule has 0 aliphatic carbocycles. The maximum atomic E-state index is 10.9. The Kier molecular flexibility index (Phi) is 2.49. The lowest BCUT2D eigenvalue weighted by Gasteiger charge is -2.18. The highest BCUT2D eigenvalue weighted by Gasteiger charge is 2.28. The average Bonchev–Trinajstić information content (AvgIpc) is 2.05. The molecule has 0 spiro atoms. The molecule has 0 radical (unpaired) electrons. The van der Waals surface area contributed by atoms with E-state index in [9.17, 15) is 9.90 Å². The van der Waals surface area contributed by atoms with E-state index >= 15 is 0 Å². The van der Waals surface area contributed by atoms with E-state index in [0.29, 0.717) is 13.0 Å². The van der Waals surface area contributed by atoms with Crippen LogP contribution in [0.4, 0.5) is 0 Å². The molecular weight excluding hydrogens is 144 g/mol. The lowest BCUT2D eigenvalue weighted by Crippen LogP contribution is -2.25. The van der Waals surface area contributed by atoms with Crippen molar-refractivity contribution in [3.63, 3.8) is 0 Å². The monoisotopic (exact) mass is 158 g/mol. The van der Waals surface area contributed by atoms with Gasteiger partial charge in [0.1, 0.15) is 0 Å². The van der Waals surface area contributed by atoms with Gasteiger partial charge in [-0.3, -0.25) is 4.79 Å². The first kappa shape index (κ1) is 8.53. The Morgan fingerprint density at radius 1 is 1.45 bits per heavy atom. The first-order valence-corrected chi connectivity index (χ1v) is 3.95. The molecule has 64 valence electrons. The van der Waals surface area contributed by atoms with Crippen LogP contribution in [0.2, 0.25) is 0 Å². The standard InChI is InChI=1S/C8H14O3/c1-5-3-7(9)11-4-6(2)8(5)10/h5-6,8,10H,3-4H2,1-2H3. The molecule has 0 aromatic rings. The SMILES string of the molecule is CC1COC(=O)CC(C)C1O. The molecule has 0 amide bonds. The Morgan fingerprint density at radius 2 is 2.09 bits per heavy atom. The van der Waals surface area contributed by atoms with Crippen molar-refractivity contribution in [3.05, 3.63) is 0 Å². The minimum absolute atomic E-state index is 0.0278. The van der Waals surface area contributed by atoms with E-state index in [0.717, 1.165) is 0 Å². The van der Waals surface area contributed by atoms with Crippen molar-refractivity contribution < 1.29 is 14.6 Å². The number of cyclic esters (lactones) is 1. The van der Waals surface area contributed by atoms with Crippen molar-refractivity contribution in [2.45, 2.75) is 26.4 Å². The van der Waals surface area contributed by atoms with Crippen LogP contribution in [0.1, 0.15) is 20.3 Å². The first-order chi connectivity index (χ1) is 5.11. The van der Waals surface area contributed by atoms with Crippen molar-refractivity contribution in [2.24, 2.45) is 11.8 Å². The summed E-state index contributed by atoms with van der Waals surface area (Å²) >= 11 is 0. The van der Waals surface area contributed by atoms with Crippen LogP contribution in [0.25, 0.3) is 0 Å². The van der Waals surface area contributed by atoms with Crippen LogP contribution in [0.15, 0.2) is 0 Å². The highest BCUT2D eigenvalue weighted by molar-refractivity contribution is 5.70. The van der Waals surface area contributed by atoms with Gasteiger partial charge in [0, 0.05) is 5.92 Å². The smallest absolute Gasteiger partial charge is 0.306 e. The fourth-order valence-corrected chi connectivity index (χ4v) is 1.33. The molecule has 0 saturated carbocycles. The summed E-state index contributed by atoms with van der Waals surface area (Å²) in [5, 5.41) is 9.51. The van der Waals surface area contributed by atoms with E-state index in [1.165, 1.54) is 0 Å². The predicted molar refractivity (Wildman–Crippen MR) is 39.9 cm³/mol. The molecule has 1 aliphatic rings. The second-order valence-electron chi connectivity index (χ2n) is 3.33. The van der Waals surface area contributed by atoms with E-state index in [2.05, 4.69) is 0 Å². The van der Waals surface area contributed by atoms with Crippen LogP contribution >= 0.6 is 0 Å². The highest BCUT2D eigenvalue weighted by Crippen LogP contribution is 2.20. The van der Waals surface area contributed by atoms with Gasteiger partial charge in [-0.25, -0.2) is 0 Å². The van der Waals surface area contributed by atoms with Crippen molar-refractivity contribution in [2.75, 3.05) is 6.61 Å². The molecule has 0 aromatic carbocycles. The van der Waals surface area contributed by atoms with Gasteiger partial charge in [-0.05, 0) is 5.92 Å². The number of carbonyl (C=O) groups excluding carboxylic acids is 1. The van der Waals surface area contributed by atoms with Gasteiger partial charge in [0.2, 0.25) is 0 Å². The average molecular weight is 158 g/mol.